The molecule has 0 aromatic heterocycles. The van der Waals surface area contributed by atoms with E-state index < -0.39 is 28.5 Å². The van der Waals surface area contributed by atoms with Gasteiger partial charge in [0.1, 0.15) is 12.6 Å². The Morgan fingerprint density at radius 2 is 1.56 bits per heavy atom. The average Bonchev–Trinajstić information content (AvgIpc) is 2.87. The normalized spacial score (nSPS) is 12.2. The zero-order chi connectivity index (χ0) is 28.7. The van der Waals surface area contributed by atoms with Crippen molar-refractivity contribution in [3.63, 3.8) is 0 Å². The van der Waals surface area contributed by atoms with Gasteiger partial charge in [-0.15, -0.1) is 0 Å². The monoisotopic (exact) mass is 613 g/mol. The molecule has 1 atom stereocenters. The van der Waals surface area contributed by atoms with Crippen LogP contribution in [-0.2, 0) is 26.2 Å². The smallest absolute Gasteiger partial charge is 0.264 e. The van der Waals surface area contributed by atoms with Crippen LogP contribution in [0.3, 0.4) is 0 Å². The molecular weight excluding hydrogens is 578 g/mol. The number of benzene rings is 3. The predicted molar refractivity (Wildman–Crippen MR) is 159 cm³/mol. The van der Waals surface area contributed by atoms with Crippen LogP contribution in [0.15, 0.2) is 82.2 Å². The predicted octanol–water partition coefficient (Wildman–Crippen LogP) is 5.59. The van der Waals surface area contributed by atoms with Gasteiger partial charge in [0.2, 0.25) is 11.8 Å². The van der Waals surface area contributed by atoms with Gasteiger partial charge in [0.15, 0.2) is 0 Å². The third-order valence-electron chi connectivity index (χ3n) is 6.25. The number of hydrogen-bond donors (Lipinski definition) is 1. The van der Waals surface area contributed by atoms with E-state index in [2.05, 4.69) is 21.2 Å². The van der Waals surface area contributed by atoms with Crippen molar-refractivity contribution in [2.45, 2.75) is 64.6 Å². The number of anilines is 1. The molecule has 0 saturated carbocycles. The van der Waals surface area contributed by atoms with Gasteiger partial charge in [0.05, 0.1) is 10.6 Å². The van der Waals surface area contributed by atoms with Gasteiger partial charge >= 0.3 is 0 Å². The second-order valence-corrected chi connectivity index (χ2v) is 12.7. The van der Waals surface area contributed by atoms with Crippen molar-refractivity contribution in [1.82, 2.24) is 10.2 Å². The van der Waals surface area contributed by atoms with E-state index in [9.17, 15) is 18.0 Å². The molecule has 0 aliphatic carbocycles. The second-order valence-electron chi connectivity index (χ2n) is 9.90. The van der Waals surface area contributed by atoms with Crippen LogP contribution >= 0.6 is 15.9 Å². The topological polar surface area (TPSA) is 86.8 Å². The molecule has 7 nitrogen and oxygen atoms in total. The number of nitrogens with zero attached hydrogens (tertiary/aromatic N) is 2. The summed E-state index contributed by atoms with van der Waals surface area (Å²) in [4.78, 5) is 28.8. The van der Waals surface area contributed by atoms with Crippen molar-refractivity contribution < 1.29 is 18.0 Å². The first-order valence-corrected chi connectivity index (χ1v) is 15.2. The minimum atomic E-state index is -4.09. The summed E-state index contributed by atoms with van der Waals surface area (Å²) in [7, 11) is -4.09. The number of sulfonamides is 1. The Bertz CT molecular complexity index is 1390. The number of amides is 2. The third kappa shape index (κ3) is 7.92. The summed E-state index contributed by atoms with van der Waals surface area (Å²) in [6.07, 6.45) is 0.374. The molecule has 0 bridgehead atoms. The summed E-state index contributed by atoms with van der Waals surface area (Å²) < 4.78 is 29.6. The molecule has 208 valence electrons. The van der Waals surface area contributed by atoms with Crippen LogP contribution in [0.2, 0.25) is 0 Å². The maximum absolute atomic E-state index is 14.0. The second kappa shape index (κ2) is 13.3. The maximum atomic E-state index is 14.0. The Labute approximate surface area is 240 Å². The molecule has 0 aliphatic rings. The Morgan fingerprint density at radius 3 is 2.13 bits per heavy atom. The van der Waals surface area contributed by atoms with E-state index in [0.29, 0.717) is 12.1 Å². The molecule has 9 heteroatoms. The molecule has 0 saturated heterocycles. The summed E-state index contributed by atoms with van der Waals surface area (Å²) in [5.41, 5.74) is 3.16. The van der Waals surface area contributed by atoms with E-state index in [1.165, 1.54) is 17.0 Å². The van der Waals surface area contributed by atoms with Crippen molar-refractivity contribution in [3.05, 3.63) is 94.0 Å². The maximum Gasteiger partial charge on any atom is 0.264 e. The number of halogens is 1. The number of carbonyl (C=O) groups excluding carboxylic acids is 2. The lowest BCUT2D eigenvalue weighted by atomic mass is 10.1. The van der Waals surface area contributed by atoms with Gasteiger partial charge in [-0.2, -0.15) is 0 Å². The van der Waals surface area contributed by atoms with Gasteiger partial charge in [-0.3, -0.25) is 13.9 Å². The quantitative estimate of drug-likeness (QED) is 0.305. The fourth-order valence-electron chi connectivity index (χ4n) is 4.28. The van der Waals surface area contributed by atoms with Crippen molar-refractivity contribution in [1.29, 1.82) is 0 Å². The Balaban J connectivity index is 2.06. The van der Waals surface area contributed by atoms with Crippen LogP contribution in [0.5, 0.6) is 0 Å². The molecule has 1 unspecified atom stereocenters. The van der Waals surface area contributed by atoms with Crippen LogP contribution in [0.25, 0.3) is 0 Å². The van der Waals surface area contributed by atoms with Crippen molar-refractivity contribution in [3.8, 4) is 0 Å². The van der Waals surface area contributed by atoms with Crippen LogP contribution in [0.4, 0.5) is 5.69 Å². The molecule has 0 radical (unpaired) electrons. The summed E-state index contributed by atoms with van der Waals surface area (Å²) in [5, 5.41) is 2.91. The molecule has 39 heavy (non-hydrogen) atoms. The molecule has 3 rings (SSSR count). The minimum absolute atomic E-state index is 0.0821. The third-order valence-corrected chi connectivity index (χ3v) is 8.57. The Morgan fingerprint density at radius 1 is 0.923 bits per heavy atom. The lowest BCUT2D eigenvalue weighted by Crippen LogP contribution is -2.53. The van der Waals surface area contributed by atoms with E-state index >= 15 is 0 Å². The minimum Gasteiger partial charge on any atom is -0.352 e. The number of hydrogen-bond acceptors (Lipinski definition) is 4. The molecule has 3 aromatic carbocycles. The SMILES string of the molecule is CCC(C(=O)NC(C)C)N(Cc1cccc(C)c1)C(=O)CN(c1ccc(Br)cc1)S(=O)(=O)c1ccc(C)cc1. The van der Waals surface area contributed by atoms with Crippen molar-refractivity contribution in [2.75, 3.05) is 10.8 Å². The van der Waals surface area contributed by atoms with Gasteiger partial charge in [-0.1, -0.05) is 70.4 Å². The lowest BCUT2D eigenvalue weighted by molar-refractivity contribution is -0.140. The number of aryl methyl sites for hydroxylation is 2. The first kappa shape index (κ1) is 30.4. The summed E-state index contributed by atoms with van der Waals surface area (Å²) in [5.74, 6) is -0.744. The van der Waals surface area contributed by atoms with Crippen LogP contribution < -0.4 is 9.62 Å². The van der Waals surface area contributed by atoms with Crippen molar-refractivity contribution in [2.24, 2.45) is 0 Å². The van der Waals surface area contributed by atoms with Crippen LogP contribution in [0.1, 0.15) is 43.9 Å². The summed E-state index contributed by atoms with van der Waals surface area (Å²) >= 11 is 3.39. The lowest BCUT2D eigenvalue weighted by Gasteiger charge is -2.33. The fraction of sp³-hybridized carbons (Fsp3) is 0.333. The Hall–Kier alpha value is -3.17. The van der Waals surface area contributed by atoms with E-state index in [1.807, 2.05) is 58.9 Å². The highest BCUT2D eigenvalue weighted by atomic mass is 79.9. The van der Waals surface area contributed by atoms with Crippen molar-refractivity contribution >= 4 is 43.5 Å². The molecule has 0 fully saturated rings. The van der Waals surface area contributed by atoms with E-state index in [-0.39, 0.29) is 23.4 Å². The molecule has 0 heterocycles. The fourth-order valence-corrected chi connectivity index (χ4v) is 5.96. The zero-order valence-corrected chi connectivity index (χ0v) is 25.4. The van der Waals surface area contributed by atoms with E-state index in [1.54, 1.807) is 36.4 Å². The van der Waals surface area contributed by atoms with Crippen LogP contribution in [-0.4, -0.2) is 43.8 Å². The number of nitrogens with one attached hydrogen (secondary N) is 1. The van der Waals surface area contributed by atoms with Crippen LogP contribution in [0, 0.1) is 13.8 Å². The molecule has 0 spiro atoms. The highest BCUT2D eigenvalue weighted by Crippen LogP contribution is 2.26. The zero-order valence-electron chi connectivity index (χ0n) is 23.0. The molecule has 1 N–H and O–H groups in total. The largest absolute Gasteiger partial charge is 0.352 e. The summed E-state index contributed by atoms with van der Waals surface area (Å²) in [6, 6.07) is 20.1. The van der Waals surface area contributed by atoms with Gasteiger partial charge in [-0.25, -0.2) is 8.42 Å². The molecule has 0 aliphatic heterocycles. The van der Waals surface area contributed by atoms with E-state index in [0.717, 1.165) is 25.5 Å². The highest BCUT2D eigenvalue weighted by Gasteiger charge is 2.33. The highest BCUT2D eigenvalue weighted by molar-refractivity contribution is 9.10. The average molecular weight is 615 g/mol. The molecule has 2 amide bonds. The Kier molecular flexibility index (Phi) is 10.3. The molecular formula is C30H36BrN3O4S. The standard InChI is InChI=1S/C30H36BrN3O4S/c1-6-28(30(36)32-21(2)3)33(19-24-9-7-8-23(5)18-24)29(35)20-34(26-14-12-25(31)13-15-26)39(37,38)27-16-10-22(4)11-17-27/h7-18,21,28H,6,19-20H2,1-5H3,(H,32,36). The van der Waals surface area contributed by atoms with Gasteiger partial charge < -0.3 is 10.2 Å². The van der Waals surface area contributed by atoms with Gasteiger partial charge in [0.25, 0.3) is 10.0 Å². The van der Waals surface area contributed by atoms with E-state index in [4.69, 9.17) is 0 Å². The first-order valence-electron chi connectivity index (χ1n) is 12.9. The van der Waals surface area contributed by atoms with Gasteiger partial charge in [-0.05, 0) is 76.1 Å². The molecule has 3 aromatic rings. The number of rotatable bonds is 11. The number of carbonyl (C=O) groups is 2. The summed E-state index contributed by atoms with van der Waals surface area (Å²) in [6.45, 7) is 9.11. The first-order chi connectivity index (χ1) is 18.4. The van der Waals surface area contributed by atoms with Gasteiger partial charge in [0, 0.05) is 17.1 Å².